The largest absolute Gasteiger partial charge is 0.507 e. The molecule has 1 N–H and O–H groups in total. The monoisotopic (exact) mass is 500 g/mol. The van der Waals surface area contributed by atoms with Crippen LogP contribution in [-0.4, -0.2) is 38.9 Å². The fourth-order valence-electron chi connectivity index (χ4n) is 4.84. The van der Waals surface area contributed by atoms with Gasteiger partial charge >= 0.3 is 0 Å². The number of aliphatic hydroxyl groups excluding tert-OH is 1. The fraction of sp³-hybridized carbons (Fsp3) is 0.241. The number of ketones is 1. The zero-order valence-corrected chi connectivity index (χ0v) is 21.3. The first-order valence-electron chi connectivity index (χ1n) is 12.0. The maximum absolute atomic E-state index is 13.2. The minimum Gasteiger partial charge on any atom is -0.507 e. The summed E-state index contributed by atoms with van der Waals surface area (Å²) in [6.07, 6.45) is 2.69. The number of carbonyl (C=O) groups excluding carboxylic acids is 2. The number of hydrogen-bond donors (Lipinski definition) is 1. The van der Waals surface area contributed by atoms with Crippen LogP contribution in [-0.2, 0) is 23.1 Å². The van der Waals surface area contributed by atoms with Crippen LogP contribution < -0.4 is 4.74 Å². The summed E-state index contributed by atoms with van der Waals surface area (Å²) >= 11 is 1.47. The first-order valence-corrected chi connectivity index (χ1v) is 12.8. The first kappa shape index (κ1) is 23.9. The van der Waals surface area contributed by atoms with Gasteiger partial charge in [-0.3, -0.25) is 9.59 Å². The van der Waals surface area contributed by atoms with E-state index in [0.29, 0.717) is 24.3 Å². The molecule has 6 nitrogen and oxygen atoms in total. The molecule has 0 saturated carbocycles. The van der Waals surface area contributed by atoms with Gasteiger partial charge in [0.2, 0.25) is 0 Å². The molecule has 184 valence electrons. The van der Waals surface area contributed by atoms with E-state index in [0.717, 1.165) is 21.3 Å². The minimum atomic E-state index is -0.661. The van der Waals surface area contributed by atoms with E-state index < -0.39 is 17.7 Å². The van der Waals surface area contributed by atoms with E-state index in [4.69, 9.17) is 4.74 Å². The molecule has 36 heavy (non-hydrogen) atoms. The van der Waals surface area contributed by atoms with Gasteiger partial charge in [-0.25, -0.2) is 0 Å². The predicted molar refractivity (Wildman–Crippen MR) is 142 cm³/mol. The SMILES string of the molecule is CC(C)Oc1ccc(/C(O)=C2/C(=O)C(=O)N(CCc3cn(C)c4ccccc34)C2c2cccs2)cc1. The number of fused-ring (bicyclic) bond motifs is 1. The molecule has 1 amide bonds. The Kier molecular flexibility index (Phi) is 6.41. The minimum absolute atomic E-state index is 0.0235. The number of carbonyl (C=O) groups is 2. The highest BCUT2D eigenvalue weighted by Gasteiger charge is 2.46. The van der Waals surface area contributed by atoms with Gasteiger partial charge in [-0.2, -0.15) is 0 Å². The number of thiophene rings is 1. The highest BCUT2D eigenvalue weighted by molar-refractivity contribution is 7.10. The van der Waals surface area contributed by atoms with Crippen molar-refractivity contribution in [1.29, 1.82) is 0 Å². The van der Waals surface area contributed by atoms with Crippen LogP contribution in [0.25, 0.3) is 16.7 Å². The molecule has 0 bridgehead atoms. The molecule has 1 aliphatic rings. The van der Waals surface area contributed by atoms with Crippen LogP contribution in [0.2, 0.25) is 0 Å². The van der Waals surface area contributed by atoms with Crippen LogP contribution in [0.1, 0.15) is 35.9 Å². The molecule has 1 aliphatic heterocycles. The molecule has 2 aromatic heterocycles. The van der Waals surface area contributed by atoms with Crippen molar-refractivity contribution in [1.82, 2.24) is 9.47 Å². The third-order valence-electron chi connectivity index (χ3n) is 6.45. The van der Waals surface area contributed by atoms with Gasteiger partial charge in [0.15, 0.2) is 0 Å². The maximum atomic E-state index is 13.2. The van der Waals surface area contributed by atoms with Crippen molar-refractivity contribution in [3.8, 4) is 5.75 Å². The Morgan fingerprint density at radius 3 is 2.50 bits per heavy atom. The lowest BCUT2D eigenvalue weighted by molar-refractivity contribution is -0.139. The average molecular weight is 501 g/mol. The molecule has 0 radical (unpaired) electrons. The number of Topliss-reactive ketones (excluding diaryl/α,β-unsaturated/α-hetero) is 1. The van der Waals surface area contributed by atoms with Gasteiger partial charge in [-0.05, 0) is 67.6 Å². The fourth-order valence-corrected chi connectivity index (χ4v) is 5.68. The Hall–Kier alpha value is -3.84. The molecular weight excluding hydrogens is 472 g/mol. The summed E-state index contributed by atoms with van der Waals surface area (Å²) in [6.45, 7) is 4.24. The lowest BCUT2D eigenvalue weighted by Crippen LogP contribution is -2.31. The summed E-state index contributed by atoms with van der Waals surface area (Å²) < 4.78 is 7.76. The Morgan fingerprint density at radius 2 is 1.81 bits per heavy atom. The standard InChI is InChI=1S/C29H28N2O4S/c1-18(2)35-21-12-10-19(11-13-21)27(32)25-26(24-9-6-16-36-24)31(29(34)28(25)33)15-14-20-17-30(3)23-8-5-4-7-22(20)23/h4-13,16-18,26,32H,14-15H2,1-3H3/b27-25-. The summed E-state index contributed by atoms with van der Waals surface area (Å²) in [7, 11) is 2.00. The molecule has 1 fully saturated rings. The van der Waals surface area contributed by atoms with Gasteiger partial charge in [-0.1, -0.05) is 24.3 Å². The van der Waals surface area contributed by atoms with Crippen molar-refractivity contribution in [3.05, 3.63) is 93.8 Å². The number of amides is 1. The van der Waals surface area contributed by atoms with E-state index in [1.807, 2.05) is 50.5 Å². The third-order valence-corrected chi connectivity index (χ3v) is 7.38. The number of hydrogen-bond acceptors (Lipinski definition) is 5. The predicted octanol–water partition coefficient (Wildman–Crippen LogP) is 5.69. The smallest absolute Gasteiger partial charge is 0.295 e. The molecule has 7 heteroatoms. The number of rotatable bonds is 7. The number of nitrogens with zero attached hydrogens (tertiary/aromatic N) is 2. The molecule has 3 heterocycles. The number of para-hydroxylation sites is 1. The number of aliphatic hydroxyl groups is 1. The van der Waals surface area contributed by atoms with Crippen LogP contribution in [0.15, 0.2) is 77.8 Å². The van der Waals surface area contributed by atoms with E-state index in [-0.39, 0.29) is 17.4 Å². The van der Waals surface area contributed by atoms with E-state index in [1.54, 1.807) is 29.2 Å². The second kappa shape index (κ2) is 9.66. The Balaban J connectivity index is 1.50. The van der Waals surface area contributed by atoms with Gasteiger partial charge in [0.05, 0.1) is 17.7 Å². The van der Waals surface area contributed by atoms with E-state index in [1.165, 1.54) is 11.3 Å². The molecule has 1 saturated heterocycles. The Morgan fingerprint density at radius 1 is 1.06 bits per heavy atom. The Bertz CT molecular complexity index is 1450. The van der Waals surface area contributed by atoms with Crippen LogP contribution in [0.3, 0.4) is 0 Å². The van der Waals surface area contributed by atoms with E-state index in [2.05, 4.69) is 22.9 Å². The summed E-state index contributed by atoms with van der Waals surface area (Å²) in [4.78, 5) is 28.9. The normalized spacial score (nSPS) is 17.4. The number of benzene rings is 2. The maximum Gasteiger partial charge on any atom is 0.295 e. The van der Waals surface area contributed by atoms with Gasteiger partial charge in [0, 0.05) is 41.1 Å². The van der Waals surface area contributed by atoms with Gasteiger partial charge < -0.3 is 19.3 Å². The molecule has 1 unspecified atom stereocenters. The summed E-state index contributed by atoms with van der Waals surface area (Å²) in [5, 5.41) is 14.3. The van der Waals surface area contributed by atoms with Crippen molar-refractivity contribution < 1.29 is 19.4 Å². The zero-order chi connectivity index (χ0) is 25.4. The second-order valence-corrected chi connectivity index (χ2v) is 10.2. The van der Waals surface area contributed by atoms with Gasteiger partial charge in [-0.15, -0.1) is 11.3 Å². The van der Waals surface area contributed by atoms with Crippen molar-refractivity contribution in [3.63, 3.8) is 0 Å². The van der Waals surface area contributed by atoms with E-state index in [9.17, 15) is 14.7 Å². The quantitative estimate of drug-likeness (QED) is 0.201. The molecule has 0 aliphatic carbocycles. The number of aromatic nitrogens is 1. The summed E-state index contributed by atoms with van der Waals surface area (Å²) in [5.41, 5.74) is 2.83. The van der Waals surface area contributed by atoms with Crippen molar-refractivity contribution >= 4 is 39.7 Å². The van der Waals surface area contributed by atoms with Crippen LogP contribution in [0.4, 0.5) is 0 Å². The summed E-state index contributed by atoms with van der Waals surface area (Å²) in [6, 6.07) is 18.2. The Labute approximate surface area is 214 Å². The van der Waals surface area contributed by atoms with Crippen LogP contribution in [0.5, 0.6) is 5.75 Å². The molecule has 0 spiro atoms. The molecule has 1 atom stereocenters. The highest BCUT2D eigenvalue weighted by atomic mass is 32.1. The highest BCUT2D eigenvalue weighted by Crippen LogP contribution is 2.41. The van der Waals surface area contributed by atoms with Crippen LogP contribution >= 0.6 is 11.3 Å². The average Bonchev–Trinajstić information content (AvgIpc) is 3.56. The number of ether oxygens (including phenoxy) is 1. The zero-order valence-electron chi connectivity index (χ0n) is 20.5. The lowest BCUT2D eigenvalue weighted by Gasteiger charge is -2.24. The number of likely N-dealkylation sites (tertiary alicyclic amines) is 1. The lowest BCUT2D eigenvalue weighted by atomic mass is 9.99. The summed E-state index contributed by atoms with van der Waals surface area (Å²) in [5.74, 6) is -0.747. The van der Waals surface area contributed by atoms with Gasteiger partial charge in [0.25, 0.3) is 11.7 Å². The van der Waals surface area contributed by atoms with Crippen molar-refractivity contribution in [2.24, 2.45) is 7.05 Å². The third kappa shape index (κ3) is 4.31. The van der Waals surface area contributed by atoms with Crippen LogP contribution in [0, 0.1) is 0 Å². The van der Waals surface area contributed by atoms with Crippen molar-refractivity contribution in [2.75, 3.05) is 6.54 Å². The molecule has 4 aromatic rings. The van der Waals surface area contributed by atoms with Crippen molar-refractivity contribution in [2.45, 2.75) is 32.4 Å². The number of aryl methyl sites for hydroxylation is 1. The molecule has 5 rings (SSSR count). The van der Waals surface area contributed by atoms with E-state index >= 15 is 0 Å². The second-order valence-electron chi connectivity index (χ2n) is 9.23. The topological polar surface area (TPSA) is 71.8 Å². The molecular formula is C29H28N2O4S. The first-order chi connectivity index (χ1) is 17.3. The van der Waals surface area contributed by atoms with Gasteiger partial charge in [0.1, 0.15) is 11.5 Å². The molecule has 2 aromatic carbocycles.